The molecule has 2 atom stereocenters. The Balaban J connectivity index is 1.52. The topological polar surface area (TPSA) is 89.0 Å². The number of hydrogen-bond acceptors (Lipinski definition) is 7. The molecule has 2 aliphatic heterocycles. The summed E-state index contributed by atoms with van der Waals surface area (Å²) in [6, 6.07) is 17.8. The van der Waals surface area contributed by atoms with E-state index in [1.54, 1.807) is 25.3 Å². The molecule has 1 saturated heterocycles. The van der Waals surface area contributed by atoms with Gasteiger partial charge >= 0.3 is 5.91 Å². The van der Waals surface area contributed by atoms with Gasteiger partial charge in [0.1, 0.15) is 23.4 Å². The number of anilines is 1. The maximum atomic E-state index is 13.6. The second kappa shape index (κ2) is 9.54. The van der Waals surface area contributed by atoms with Gasteiger partial charge in [-0.25, -0.2) is 4.98 Å². The van der Waals surface area contributed by atoms with Crippen LogP contribution in [0.4, 0.5) is 5.13 Å². The van der Waals surface area contributed by atoms with E-state index in [1.807, 2.05) is 49.4 Å². The number of Topliss-reactive ketones (excluding diaryl/α,β-unsaturated/α-hetero) is 1. The van der Waals surface area contributed by atoms with Gasteiger partial charge in [0.25, 0.3) is 5.78 Å². The molecule has 8 heteroatoms. The standard InChI is InChI=1S/C31H28N2O5S/c1-16(2)18-5-7-19(8-6-18)27-26(28(34)20-9-12-24-21(14-20)13-17(3)38-24)29(35)30(36)33(27)31-32-23-11-10-22(37-4)15-25(23)39-31/h5-12,14-17,27,34H,13H2,1-4H3/b28-26+/t17-,27+/m0/s1. The van der Waals surface area contributed by atoms with E-state index in [4.69, 9.17) is 14.5 Å². The number of aliphatic hydroxyl groups is 1. The van der Waals surface area contributed by atoms with Crippen molar-refractivity contribution >= 4 is 44.1 Å². The Hall–Kier alpha value is -4.17. The molecule has 3 aromatic carbocycles. The highest BCUT2D eigenvalue weighted by atomic mass is 32.1. The molecule has 6 rings (SSSR count). The summed E-state index contributed by atoms with van der Waals surface area (Å²) in [4.78, 5) is 33.3. The van der Waals surface area contributed by atoms with E-state index < -0.39 is 17.7 Å². The first-order valence-electron chi connectivity index (χ1n) is 12.9. The Labute approximate surface area is 230 Å². The number of methoxy groups -OCH3 is 1. The van der Waals surface area contributed by atoms with Gasteiger partial charge in [-0.05, 0) is 65.9 Å². The van der Waals surface area contributed by atoms with Crippen LogP contribution in [0.5, 0.6) is 11.5 Å². The fraction of sp³-hybridized carbons (Fsp3) is 0.258. The summed E-state index contributed by atoms with van der Waals surface area (Å²) in [6.07, 6.45) is 0.750. The molecule has 0 saturated carbocycles. The first-order valence-corrected chi connectivity index (χ1v) is 13.7. The van der Waals surface area contributed by atoms with Gasteiger partial charge in [-0.3, -0.25) is 14.5 Å². The van der Waals surface area contributed by atoms with E-state index in [1.165, 1.54) is 16.2 Å². The van der Waals surface area contributed by atoms with Crippen LogP contribution in [0.1, 0.15) is 55.0 Å². The van der Waals surface area contributed by atoms with Gasteiger partial charge in [-0.1, -0.05) is 49.4 Å². The second-order valence-corrected chi connectivity index (χ2v) is 11.3. The van der Waals surface area contributed by atoms with Crippen molar-refractivity contribution in [1.82, 2.24) is 4.98 Å². The van der Waals surface area contributed by atoms with Crippen molar-refractivity contribution in [3.05, 3.63) is 88.5 Å². The van der Waals surface area contributed by atoms with Crippen molar-refractivity contribution in [2.45, 2.75) is 45.3 Å². The third kappa shape index (κ3) is 4.25. The Morgan fingerprint density at radius 3 is 2.59 bits per heavy atom. The molecule has 0 unspecified atom stereocenters. The number of rotatable bonds is 5. The number of thiazole rings is 1. The molecule has 1 fully saturated rings. The van der Waals surface area contributed by atoms with Crippen LogP contribution in [0.15, 0.2) is 66.2 Å². The summed E-state index contributed by atoms with van der Waals surface area (Å²) >= 11 is 1.30. The van der Waals surface area contributed by atoms with Crippen LogP contribution in [0.25, 0.3) is 16.0 Å². The molecule has 2 aliphatic rings. The normalized spacial score (nSPS) is 20.1. The molecule has 1 aromatic heterocycles. The summed E-state index contributed by atoms with van der Waals surface area (Å²) in [7, 11) is 1.59. The molecule has 0 spiro atoms. The SMILES string of the molecule is COc1ccc2nc(N3C(=O)C(=O)/C(=C(/O)c4ccc5c(c4)C[C@H](C)O5)[C@H]3c3ccc(C(C)C)cc3)sc2c1. The lowest BCUT2D eigenvalue weighted by molar-refractivity contribution is -0.132. The number of hydrogen-bond donors (Lipinski definition) is 1. The molecule has 1 N–H and O–H groups in total. The highest BCUT2D eigenvalue weighted by Crippen LogP contribution is 2.45. The first kappa shape index (κ1) is 25.1. The van der Waals surface area contributed by atoms with E-state index in [9.17, 15) is 14.7 Å². The van der Waals surface area contributed by atoms with Gasteiger partial charge < -0.3 is 14.6 Å². The Bertz CT molecular complexity index is 1650. The quantitative estimate of drug-likeness (QED) is 0.180. The Kier molecular flexibility index (Phi) is 6.14. The van der Waals surface area contributed by atoms with E-state index in [0.717, 1.165) is 27.1 Å². The van der Waals surface area contributed by atoms with E-state index in [0.29, 0.717) is 34.3 Å². The van der Waals surface area contributed by atoms with Crippen molar-refractivity contribution in [2.75, 3.05) is 12.0 Å². The van der Waals surface area contributed by atoms with Crippen LogP contribution < -0.4 is 14.4 Å². The third-order valence-corrected chi connectivity index (χ3v) is 8.34. The van der Waals surface area contributed by atoms with Crippen LogP contribution in [-0.4, -0.2) is 35.0 Å². The number of ketones is 1. The average Bonchev–Trinajstić information content (AvgIpc) is 3.59. The molecule has 198 valence electrons. The van der Waals surface area contributed by atoms with Crippen LogP contribution in [0.3, 0.4) is 0 Å². The first-order chi connectivity index (χ1) is 18.7. The fourth-order valence-corrected chi connectivity index (χ4v) is 6.28. The van der Waals surface area contributed by atoms with Crippen LogP contribution >= 0.6 is 11.3 Å². The molecule has 0 radical (unpaired) electrons. The second-order valence-electron chi connectivity index (χ2n) is 10.3. The van der Waals surface area contributed by atoms with Crippen LogP contribution in [0, 0.1) is 0 Å². The maximum absolute atomic E-state index is 13.6. The highest BCUT2D eigenvalue weighted by molar-refractivity contribution is 7.22. The molecule has 7 nitrogen and oxygen atoms in total. The lowest BCUT2D eigenvalue weighted by Crippen LogP contribution is -2.29. The molecule has 1 amide bonds. The highest BCUT2D eigenvalue weighted by Gasteiger charge is 2.48. The molecule has 3 heterocycles. The van der Waals surface area contributed by atoms with E-state index >= 15 is 0 Å². The van der Waals surface area contributed by atoms with Crippen molar-refractivity contribution in [3.8, 4) is 11.5 Å². The predicted molar refractivity (Wildman–Crippen MR) is 152 cm³/mol. The van der Waals surface area contributed by atoms with Crippen molar-refractivity contribution in [3.63, 3.8) is 0 Å². The zero-order valence-electron chi connectivity index (χ0n) is 22.1. The monoisotopic (exact) mass is 540 g/mol. The van der Waals surface area contributed by atoms with Crippen LogP contribution in [-0.2, 0) is 16.0 Å². The minimum Gasteiger partial charge on any atom is -0.507 e. The van der Waals surface area contributed by atoms with Gasteiger partial charge in [0.15, 0.2) is 5.13 Å². The largest absolute Gasteiger partial charge is 0.507 e. The zero-order chi connectivity index (χ0) is 27.4. The minimum atomic E-state index is -0.836. The van der Waals surface area contributed by atoms with Gasteiger partial charge in [0.05, 0.1) is 28.9 Å². The number of amides is 1. The molecule has 4 aromatic rings. The number of carbonyl (C=O) groups is 2. The van der Waals surface area contributed by atoms with Crippen molar-refractivity contribution < 1.29 is 24.2 Å². The number of benzene rings is 3. The Morgan fingerprint density at radius 1 is 1.10 bits per heavy atom. The lowest BCUT2D eigenvalue weighted by Gasteiger charge is -2.23. The average molecular weight is 541 g/mol. The molecular weight excluding hydrogens is 512 g/mol. The smallest absolute Gasteiger partial charge is 0.301 e. The van der Waals surface area contributed by atoms with Gasteiger partial charge in [0, 0.05) is 12.0 Å². The minimum absolute atomic E-state index is 0.0418. The zero-order valence-corrected chi connectivity index (χ0v) is 22.9. The number of aliphatic hydroxyl groups excluding tert-OH is 1. The number of aromatic nitrogens is 1. The summed E-state index contributed by atoms with van der Waals surface area (Å²) in [6.45, 7) is 6.20. The summed E-state index contributed by atoms with van der Waals surface area (Å²) < 4.78 is 12.0. The molecule has 0 bridgehead atoms. The van der Waals surface area contributed by atoms with Crippen LogP contribution in [0.2, 0.25) is 0 Å². The summed E-state index contributed by atoms with van der Waals surface area (Å²) in [5, 5.41) is 11.9. The predicted octanol–water partition coefficient (Wildman–Crippen LogP) is 6.38. The van der Waals surface area contributed by atoms with Gasteiger partial charge in [-0.2, -0.15) is 0 Å². The molecule has 39 heavy (non-hydrogen) atoms. The van der Waals surface area contributed by atoms with Crippen molar-refractivity contribution in [2.24, 2.45) is 0 Å². The fourth-order valence-electron chi connectivity index (χ4n) is 5.26. The molecule has 0 aliphatic carbocycles. The summed E-state index contributed by atoms with van der Waals surface area (Å²) in [5.74, 6) is 0.0892. The Morgan fingerprint density at radius 2 is 1.87 bits per heavy atom. The number of carbonyl (C=O) groups excluding carboxylic acids is 2. The van der Waals surface area contributed by atoms with Crippen molar-refractivity contribution in [1.29, 1.82) is 0 Å². The van der Waals surface area contributed by atoms with Gasteiger partial charge in [-0.15, -0.1) is 0 Å². The van der Waals surface area contributed by atoms with E-state index in [-0.39, 0.29) is 17.4 Å². The number of ether oxygens (including phenoxy) is 2. The number of nitrogens with zero attached hydrogens (tertiary/aromatic N) is 2. The summed E-state index contributed by atoms with van der Waals surface area (Å²) in [5.41, 5.74) is 4.02. The van der Waals surface area contributed by atoms with Gasteiger partial charge in [0.2, 0.25) is 0 Å². The maximum Gasteiger partial charge on any atom is 0.301 e. The molecular formula is C31H28N2O5S. The van der Waals surface area contributed by atoms with E-state index in [2.05, 4.69) is 13.8 Å². The lowest BCUT2D eigenvalue weighted by atomic mass is 9.93. The number of fused-ring (bicyclic) bond motifs is 2. The third-order valence-electron chi connectivity index (χ3n) is 7.32.